The number of nitro benzene ring substituents is 1. The number of aliphatic carboxylic acids is 1. The third kappa shape index (κ3) is 3.90. The molecule has 0 amide bonds. The van der Waals surface area contributed by atoms with Crippen molar-refractivity contribution in [2.24, 2.45) is 0 Å². The summed E-state index contributed by atoms with van der Waals surface area (Å²) >= 11 is 5.63. The van der Waals surface area contributed by atoms with Crippen LogP contribution >= 0.6 is 11.6 Å². The van der Waals surface area contributed by atoms with Crippen LogP contribution in [0.1, 0.15) is 13.8 Å². The first-order valence-corrected chi connectivity index (χ1v) is 7.56. The molecule has 0 bridgehead atoms. The van der Waals surface area contributed by atoms with Gasteiger partial charge in [-0.1, -0.05) is 11.6 Å². The maximum absolute atomic E-state index is 12.5. The summed E-state index contributed by atoms with van der Waals surface area (Å²) in [5, 5.41) is 19.8. The minimum Gasteiger partial charge on any atom is -0.480 e. The largest absolute Gasteiger partial charge is 0.480 e. The van der Waals surface area contributed by atoms with Crippen LogP contribution in [0.3, 0.4) is 0 Å². The summed E-state index contributed by atoms with van der Waals surface area (Å²) in [7, 11) is -4.34. The Morgan fingerprint density at radius 3 is 2.48 bits per heavy atom. The Balaban J connectivity index is 3.48. The molecule has 0 atom stereocenters. The number of carboxylic acids is 1. The van der Waals surface area contributed by atoms with Gasteiger partial charge in [0, 0.05) is 17.1 Å². The molecule has 8 nitrogen and oxygen atoms in total. The van der Waals surface area contributed by atoms with Gasteiger partial charge >= 0.3 is 5.97 Å². The average molecular weight is 337 g/mol. The Bertz CT molecular complexity index is 673. The molecule has 0 spiro atoms. The predicted octanol–water partition coefficient (Wildman–Crippen LogP) is 1.73. The molecule has 0 saturated carbocycles. The molecular weight excluding hydrogens is 324 g/mol. The number of carbonyl (C=O) groups is 1. The van der Waals surface area contributed by atoms with Crippen LogP contribution in [0.2, 0.25) is 5.02 Å². The zero-order valence-corrected chi connectivity index (χ0v) is 12.8. The van der Waals surface area contributed by atoms with Gasteiger partial charge in [-0.2, -0.15) is 4.31 Å². The highest BCUT2D eigenvalue weighted by molar-refractivity contribution is 7.89. The van der Waals surface area contributed by atoms with E-state index < -0.39 is 44.1 Å². The fourth-order valence-electron chi connectivity index (χ4n) is 1.66. The van der Waals surface area contributed by atoms with E-state index in [2.05, 4.69) is 0 Å². The van der Waals surface area contributed by atoms with Crippen molar-refractivity contribution >= 4 is 33.3 Å². The van der Waals surface area contributed by atoms with Crippen molar-refractivity contribution in [2.45, 2.75) is 24.8 Å². The molecule has 0 radical (unpaired) electrons. The zero-order chi connectivity index (χ0) is 16.4. The van der Waals surface area contributed by atoms with Gasteiger partial charge in [0.1, 0.15) is 6.54 Å². The standard InChI is InChI=1S/C11H13ClN2O6S/c1-7(2)13(6-11(15)16)21(19,20)10-4-3-8(12)5-9(10)14(17)18/h3-5,7H,6H2,1-2H3,(H,15,16). The maximum atomic E-state index is 12.5. The van der Waals surface area contributed by atoms with Gasteiger partial charge in [0.15, 0.2) is 4.90 Å². The van der Waals surface area contributed by atoms with Gasteiger partial charge in [-0.25, -0.2) is 8.42 Å². The summed E-state index contributed by atoms with van der Waals surface area (Å²) in [4.78, 5) is 20.3. The van der Waals surface area contributed by atoms with Gasteiger partial charge in [0.25, 0.3) is 15.7 Å². The van der Waals surface area contributed by atoms with Crippen molar-refractivity contribution in [2.75, 3.05) is 6.54 Å². The summed E-state index contributed by atoms with van der Waals surface area (Å²) in [6.07, 6.45) is 0. The maximum Gasteiger partial charge on any atom is 0.318 e. The molecule has 1 rings (SSSR count). The van der Waals surface area contributed by atoms with E-state index in [1.165, 1.54) is 19.9 Å². The Labute approximate surface area is 126 Å². The molecule has 0 aliphatic rings. The van der Waals surface area contributed by atoms with Crippen molar-refractivity contribution in [1.82, 2.24) is 4.31 Å². The molecule has 21 heavy (non-hydrogen) atoms. The molecule has 1 aromatic carbocycles. The van der Waals surface area contributed by atoms with E-state index in [9.17, 15) is 23.3 Å². The molecule has 116 valence electrons. The minimum atomic E-state index is -4.34. The van der Waals surface area contributed by atoms with Gasteiger partial charge in [0.2, 0.25) is 0 Å². The smallest absolute Gasteiger partial charge is 0.318 e. The summed E-state index contributed by atoms with van der Waals surface area (Å²) in [5.74, 6) is -1.36. The molecule has 0 aliphatic heterocycles. The van der Waals surface area contributed by atoms with Crippen LogP contribution in [-0.4, -0.2) is 41.3 Å². The molecule has 0 aromatic heterocycles. The second-order valence-electron chi connectivity index (χ2n) is 4.41. The lowest BCUT2D eigenvalue weighted by atomic mass is 10.3. The van der Waals surface area contributed by atoms with Gasteiger partial charge in [-0.3, -0.25) is 14.9 Å². The van der Waals surface area contributed by atoms with E-state index in [0.717, 1.165) is 12.1 Å². The molecule has 0 saturated heterocycles. The second kappa shape index (κ2) is 6.37. The molecule has 0 unspecified atom stereocenters. The minimum absolute atomic E-state index is 0.00924. The number of carboxylic acid groups (broad SMARTS) is 1. The highest BCUT2D eigenvalue weighted by atomic mass is 35.5. The van der Waals surface area contributed by atoms with Gasteiger partial charge in [0.05, 0.1) is 4.92 Å². The lowest BCUT2D eigenvalue weighted by molar-refractivity contribution is -0.387. The number of nitro groups is 1. The highest BCUT2D eigenvalue weighted by Gasteiger charge is 2.34. The number of nitrogens with zero attached hydrogens (tertiary/aromatic N) is 2. The molecule has 0 fully saturated rings. The number of halogens is 1. The second-order valence-corrected chi connectivity index (χ2v) is 6.70. The number of hydrogen-bond donors (Lipinski definition) is 1. The molecule has 10 heteroatoms. The molecule has 0 heterocycles. The van der Waals surface area contributed by atoms with E-state index in [1.807, 2.05) is 0 Å². The fourth-order valence-corrected chi connectivity index (χ4v) is 3.55. The summed E-state index contributed by atoms with van der Waals surface area (Å²) in [6, 6.07) is 2.42. The van der Waals surface area contributed by atoms with E-state index in [4.69, 9.17) is 16.7 Å². The van der Waals surface area contributed by atoms with Crippen LogP contribution in [0.15, 0.2) is 23.1 Å². The van der Waals surface area contributed by atoms with Crippen LogP contribution < -0.4 is 0 Å². The average Bonchev–Trinajstić information content (AvgIpc) is 2.34. The van der Waals surface area contributed by atoms with Crippen LogP contribution in [0.4, 0.5) is 5.69 Å². The predicted molar refractivity (Wildman–Crippen MR) is 74.8 cm³/mol. The zero-order valence-electron chi connectivity index (χ0n) is 11.2. The summed E-state index contributed by atoms with van der Waals surface area (Å²) in [6.45, 7) is 2.16. The van der Waals surface area contributed by atoms with Crippen molar-refractivity contribution in [3.8, 4) is 0 Å². The number of hydrogen-bond acceptors (Lipinski definition) is 5. The van der Waals surface area contributed by atoms with Crippen molar-refractivity contribution in [1.29, 1.82) is 0 Å². The molecular formula is C11H13ClN2O6S. The third-order valence-corrected chi connectivity index (χ3v) is 4.88. The Kier molecular flexibility index (Phi) is 5.26. The molecule has 0 aliphatic carbocycles. The van der Waals surface area contributed by atoms with Crippen molar-refractivity contribution < 1.29 is 23.2 Å². The first-order valence-electron chi connectivity index (χ1n) is 5.75. The lowest BCUT2D eigenvalue weighted by Gasteiger charge is -2.23. The number of rotatable bonds is 6. The summed E-state index contributed by atoms with van der Waals surface area (Å²) < 4.78 is 25.6. The Morgan fingerprint density at radius 1 is 1.48 bits per heavy atom. The first kappa shape index (κ1) is 17.3. The first-order chi connectivity index (χ1) is 9.57. The molecule has 1 aromatic rings. The van der Waals surface area contributed by atoms with Gasteiger partial charge in [-0.15, -0.1) is 0 Å². The normalized spacial score (nSPS) is 11.9. The lowest BCUT2D eigenvalue weighted by Crippen LogP contribution is -2.40. The van der Waals surface area contributed by atoms with E-state index in [-0.39, 0.29) is 5.02 Å². The van der Waals surface area contributed by atoms with Crippen LogP contribution in [-0.2, 0) is 14.8 Å². The van der Waals surface area contributed by atoms with Crippen LogP contribution in [0, 0.1) is 10.1 Å². The van der Waals surface area contributed by atoms with Crippen LogP contribution in [0.5, 0.6) is 0 Å². The van der Waals surface area contributed by atoms with Crippen molar-refractivity contribution in [3.63, 3.8) is 0 Å². The topological polar surface area (TPSA) is 118 Å². The SMILES string of the molecule is CC(C)N(CC(=O)O)S(=O)(=O)c1ccc(Cl)cc1[N+](=O)[O-]. The van der Waals surface area contributed by atoms with E-state index >= 15 is 0 Å². The highest BCUT2D eigenvalue weighted by Crippen LogP contribution is 2.30. The molecule has 1 N–H and O–H groups in total. The fraction of sp³-hybridized carbons (Fsp3) is 0.364. The summed E-state index contributed by atoms with van der Waals surface area (Å²) in [5.41, 5.74) is -0.696. The van der Waals surface area contributed by atoms with Crippen molar-refractivity contribution in [3.05, 3.63) is 33.3 Å². The number of benzene rings is 1. The van der Waals surface area contributed by atoms with Gasteiger partial charge in [-0.05, 0) is 26.0 Å². The van der Waals surface area contributed by atoms with Gasteiger partial charge < -0.3 is 5.11 Å². The monoisotopic (exact) mass is 336 g/mol. The van der Waals surface area contributed by atoms with E-state index in [0.29, 0.717) is 4.31 Å². The Morgan fingerprint density at radius 2 is 2.05 bits per heavy atom. The van der Waals surface area contributed by atoms with Crippen LogP contribution in [0.25, 0.3) is 0 Å². The Hall–Kier alpha value is -1.71. The number of sulfonamides is 1. The third-order valence-electron chi connectivity index (χ3n) is 2.57. The quantitative estimate of drug-likeness (QED) is 0.624. The van der Waals surface area contributed by atoms with E-state index in [1.54, 1.807) is 0 Å².